The molecule has 3 N–H and O–H groups in total. The Balaban J connectivity index is 1.83. The van der Waals surface area contributed by atoms with Crippen LogP contribution in [0.4, 0.5) is 8.78 Å². The minimum atomic E-state index is -0.986. The number of hydrogen-bond donors (Lipinski definition) is 2. The lowest BCUT2D eigenvalue weighted by Crippen LogP contribution is -2.21. The van der Waals surface area contributed by atoms with Crippen LogP contribution in [0.2, 0.25) is 0 Å². The van der Waals surface area contributed by atoms with Gasteiger partial charge in [-0.2, -0.15) is 0 Å². The highest BCUT2D eigenvalue weighted by Gasteiger charge is 2.29. The van der Waals surface area contributed by atoms with E-state index in [-0.39, 0.29) is 29.8 Å². The van der Waals surface area contributed by atoms with Crippen LogP contribution in [-0.2, 0) is 19.4 Å². The van der Waals surface area contributed by atoms with Gasteiger partial charge in [0.25, 0.3) is 11.8 Å². The molecule has 0 aliphatic rings. The molecule has 11 heteroatoms. The van der Waals surface area contributed by atoms with Gasteiger partial charge in [-0.15, -0.1) is 21.5 Å². The molecule has 1 aromatic carbocycles. The van der Waals surface area contributed by atoms with Crippen LogP contribution in [-0.4, -0.2) is 27.0 Å². The van der Waals surface area contributed by atoms with Gasteiger partial charge in [0, 0.05) is 23.9 Å². The zero-order valence-corrected chi connectivity index (χ0v) is 23.8. The number of aromatic nitrogens is 3. The van der Waals surface area contributed by atoms with E-state index in [0.29, 0.717) is 56.6 Å². The minimum Gasteiger partial charge on any atom is -0.421 e. The molecule has 0 saturated carbocycles. The van der Waals surface area contributed by atoms with Gasteiger partial charge < -0.3 is 15.5 Å². The third-order valence-corrected chi connectivity index (χ3v) is 7.15. The summed E-state index contributed by atoms with van der Waals surface area (Å²) in [5.41, 5.74) is 8.92. The highest BCUT2D eigenvalue weighted by atomic mass is 32.1. The van der Waals surface area contributed by atoms with E-state index >= 15 is 0 Å². The molecule has 40 heavy (non-hydrogen) atoms. The van der Waals surface area contributed by atoms with Crippen molar-refractivity contribution in [1.29, 1.82) is 0 Å². The molecular weight excluding hydrogens is 536 g/mol. The predicted octanol–water partition coefficient (Wildman–Crippen LogP) is 5.87. The van der Waals surface area contributed by atoms with E-state index in [2.05, 4.69) is 29.4 Å². The third-order valence-electron chi connectivity index (χ3n) is 6.05. The van der Waals surface area contributed by atoms with Crippen LogP contribution >= 0.6 is 11.3 Å². The largest absolute Gasteiger partial charge is 0.421 e. The molecule has 0 bridgehead atoms. The number of primary amides is 1. The topological polar surface area (TPSA) is 124 Å². The lowest BCUT2D eigenvalue weighted by Gasteiger charge is -2.19. The van der Waals surface area contributed by atoms with E-state index in [4.69, 9.17) is 15.1 Å². The Morgan fingerprint density at radius 3 is 2.27 bits per heavy atom. The number of nitrogens with zero attached hydrogens (tertiary/aromatic N) is 3. The number of thiophene rings is 1. The van der Waals surface area contributed by atoms with E-state index in [1.165, 1.54) is 17.4 Å². The number of carbonyl (C=O) groups is 2. The molecule has 0 radical (unpaired) electrons. The van der Waals surface area contributed by atoms with Crippen LogP contribution in [0.5, 0.6) is 0 Å². The van der Waals surface area contributed by atoms with E-state index in [1.54, 1.807) is 19.1 Å². The number of aryl methyl sites for hydroxylation is 1. The summed E-state index contributed by atoms with van der Waals surface area (Å²) < 4.78 is 32.7. The Bertz CT molecular complexity index is 1560. The zero-order chi connectivity index (χ0) is 29.1. The number of carbonyl (C=O) groups excluding carboxylic acids is 2. The van der Waals surface area contributed by atoms with Crippen molar-refractivity contribution in [2.45, 2.75) is 54.0 Å². The molecule has 0 fully saturated rings. The first-order chi connectivity index (χ1) is 18.9. The molecule has 0 atom stereocenters. The first kappa shape index (κ1) is 29.0. The summed E-state index contributed by atoms with van der Waals surface area (Å²) in [6.45, 7) is 9.88. The normalized spacial score (nSPS) is 11.4. The molecule has 0 saturated heterocycles. The monoisotopic (exact) mass is 567 g/mol. The van der Waals surface area contributed by atoms with Crippen LogP contribution in [0.1, 0.15) is 70.6 Å². The van der Waals surface area contributed by atoms with E-state index in [1.807, 2.05) is 13.8 Å². The van der Waals surface area contributed by atoms with Crippen molar-refractivity contribution >= 4 is 23.2 Å². The maximum absolute atomic E-state index is 13.6. The first-order valence-electron chi connectivity index (χ1n) is 12.9. The fourth-order valence-electron chi connectivity index (χ4n) is 4.41. The lowest BCUT2D eigenvalue weighted by molar-refractivity contribution is 0.0953. The SMILES string of the molecule is Cc1nnc(-c2c(CC(C)C)nc(CC(C)C)c(C(N)=O)c2-c2ccc(C(=O)NCc3ccc(F)c(F)c3)s2)o1. The second kappa shape index (κ2) is 12.0. The van der Waals surface area contributed by atoms with Gasteiger partial charge in [-0.05, 0) is 54.5 Å². The van der Waals surface area contributed by atoms with Crippen LogP contribution in [0, 0.1) is 30.4 Å². The van der Waals surface area contributed by atoms with Gasteiger partial charge in [-0.1, -0.05) is 33.8 Å². The van der Waals surface area contributed by atoms with Gasteiger partial charge in [0.1, 0.15) is 0 Å². The Morgan fingerprint density at radius 1 is 0.975 bits per heavy atom. The van der Waals surface area contributed by atoms with Crippen molar-refractivity contribution in [3.8, 4) is 21.9 Å². The summed E-state index contributed by atoms with van der Waals surface area (Å²) in [6, 6.07) is 6.83. The van der Waals surface area contributed by atoms with Gasteiger partial charge in [-0.25, -0.2) is 8.78 Å². The van der Waals surface area contributed by atoms with Crippen molar-refractivity contribution in [3.63, 3.8) is 0 Å². The number of amides is 2. The van der Waals surface area contributed by atoms with Gasteiger partial charge >= 0.3 is 0 Å². The summed E-state index contributed by atoms with van der Waals surface area (Å²) in [5, 5.41) is 11.0. The Labute approximate surface area is 235 Å². The fraction of sp³-hybridized carbons (Fsp3) is 0.345. The quantitative estimate of drug-likeness (QED) is 0.247. The standard InChI is InChI=1S/C29H31F2N5O3S/c1-14(2)10-20-24(27(32)37)26(25(21(34-20)11-15(3)4)29-36-35-16(5)39-29)22-8-9-23(40-22)28(38)33-13-17-6-7-18(30)19(31)12-17/h6-9,12,14-15H,10-11,13H2,1-5H3,(H2,32,37)(H,33,38). The van der Waals surface area contributed by atoms with Crippen LogP contribution in [0.15, 0.2) is 34.7 Å². The summed E-state index contributed by atoms with van der Waals surface area (Å²) in [5.74, 6) is -2.00. The fourth-order valence-corrected chi connectivity index (χ4v) is 5.39. The number of pyridine rings is 1. The molecule has 3 heterocycles. The average molecular weight is 568 g/mol. The van der Waals surface area contributed by atoms with E-state index < -0.39 is 23.4 Å². The number of benzene rings is 1. The van der Waals surface area contributed by atoms with Gasteiger partial charge in [0.2, 0.25) is 11.8 Å². The highest BCUT2D eigenvalue weighted by Crippen LogP contribution is 2.42. The maximum atomic E-state index is 13.6. The number of nitrogens with two attached hydrogens (primary N) is 1. The maximum Gasteiger partial charge on any atom is 0.261 e. The molecule has 4 aromatic rings. The predicted molar refractivity (Wildman–Crippen MR) is 149 cm³/mol. The average Bonchev–Trinajstić information content (AvgIpc) is 3.52. The van der Waals surface area contributed by atoms with E-state index in [9.17, 15) is 18.4 Å². The third kappa shape index (κ3) is 6.41. The number of nitrogens with one attached hydrogen (secondary N) is 1. The lowest BCUT2D eigenvalue weighted by atomic mass is 9.90. The molecule has 0 aliphatic carbocycles. The van der Waals surface area contributed by atoms with Crippen molar-refractivity contribution in [1.82, 2.24) is 20.5 Å². The van der Waals surface area contributed by atoms with Gasteiger partial charge in [-0.3, -0.25) is 14.6 Å². The highest BCUT2D eigenvalue weighted by molar-refractivity contribution is 7.17. The molecule has 210 valence electrons. The van der Waals surface area contributed by atoms with Gasteiger partial charge in [0.05, 0.1) is 27.4 Å². The first-order valence-corrected chi connectivity index (χ1v) is 13.7. The van der Waals surface area contributed by atoms with Gasteiger partial charge in [0.15, 0.2) is 11.6 Å². The molecule has 0 spiro atoms. The second-order valence-electron chi connectivity index (χ2n) is 10.4. The summed E-state index contributed by atoms with van der Waals surface area (Å²) in [4.78, 5) is 31.8. The number of halogens is 2. The molecule has 0 aliphatic heterocycles. The summed E-state index contributed by atoms with van der Waals surface area (Å²) in [7, 11) is 0. The minimum absolute atomic E-state index is 0.00858. The number of hydrogen-bond acceptors (Lipinski definition) is 7. The Hall–Kier alpha value is -3.99. The molecule has 2 amide bonds. The molecule has 4 rings (SSSR count). The van der Waals surface area contributed by atoms with Crippen molar-refractivity contribution in [2.24, 2.45) is 17.6 Å². The van der Waals surface area contributed by atoms with Crippen molar-refractivity contribution in [3.05, 3.63) is 75.2 Å². The van der Waals surface area contributed by atoms with Crippen LogP contribution in [0.25, 0.3) is 21.9 Å². The molecular formula is C29H31F2N5O3S. The van der Waals surface area contributed by atoms with E-state index in [0.717, 1.165) is 12.1 Å². The zero-order valence-electron chi connectivity index (χ0n) is 23.0. The molecule has 3 aromatic heterocycles. The molecule has 8 nitrogen and oxygen atoms in total. The Kier molecular flexibility index (Phi) is 8.73. The van der Waals surface area contributed by atoms with Crippen LogP contribution < -0.4 is 11.1 Å². The molecule has 0 unspecified atom stereocenters. The second-order valence-corrected chi connectivity index (χ2v) is 11.5. The smallest absolute Gasteiger partial charge is 0.261 e. The summed E-state index contributed by atoms with van der Waals surface area (Å²) >= 11 is 1.17. The van der Waals surface area contributed by atoms with Crippen molar-refractivity contribution < 1.29 is 22.8 Å². The van der Waals surface area contributed by atoms with Crippen LogP contribution in [0.3, 0.4) is 0 Å². The number of rotatable bonds is 10. The Morgan fingerprint density at radius 2 is 1.68 bits per heavy atom. The van der Waals surface area contributed by atoms with Crippen molar-refractivity contribution in [2.75, 3.05) is 0 Å². The summed E-state index contributed by atoms with van der Waals surface area (Å²) in [6.07, 6.45) is 1.10.